The van der Waals surface area contributed by atoms with Crippen molar-refractivity contribution in [3.63, 3.8) is 0 Å². The lowest BCUT2D eigenvalue weighted by atomic mass is 9.62. The number of rotatable bonds is 10. The maximum atomic E-state index is 2.65. The lowest BCUT2D eigenvalue weighted by Crippen LogP contribution is -2.32. The molecule has 352 valence electrons. The molecule has 0 heterocycles. The second-order valence-electron chi connectivity index (χ2n) is 21.4. The summed E-state index contributed by atoms with van der Waals surface area (Å²) < 4.78 is 0. The molecule has 2 nitrogen and oxygen atoms in total. The van der Waals surface area contributed by atoms with Crippen molar-refractivity contribution in [1.82, 2.24) is 0 Å². The molecule has 3 aliphatic rings. The van der Waals surface area contributed by atoms with Crippen molar-refractivity contribution in [3.8, 4) is 22.3 Å². The maximum Gasteiger partial charge on any atom is 0.0540 e. The van der Waals surface area contributed by atoms with Gasteiger partial charge in [0.15, 0.2) is 0 Å². The van der Waals surface area contributed by atoms with Crippen LogP contribution in [-0.4, -0.2) is 0 Å². The Labute approximate surface area is 419 Å². The van der Waals surface area contributed by atoms with E-state index >= 15 is 0 Å². The first kappa shape index (κ1) is 46.8. The molecule has 70 heavy (non-hydrogen) atoms. The van der Waals surface area contributed by atoms with Crippen LogP contribution in [-0.2, 0) is 0 Å². The van der Waals surface area contributed by atoms with Crippen molar-refractivity contribution in [2.24, 2.45) is 11.8 Å². The zero-order chi connectivity index (χ0) is 49.4. The normalized spacial score (nSPS) is 15.7. The smallest absolute Gasteiger partial charge is 0.0540 e. The molecule has 2 atom stereocenters. The zero-order valence-corrected chi connectivity index (χ0v) is 44.1. The highest BCUT2D eigenvalue weighted by Crippen LogP contribution is 2.58. The summed E-state index contributed by atoms with van der Waals surface area (Å²) in [5.74, 6) is 0.962. The number of anilines is 5. The molecule has 2 unspecified atom stereocenters. The summed E-state index contributed by atoms with van der Waals surface area (Å²) in [6.07, 6.45) is 12.6. The van der Waals surface area contributed by atoms with Crippen LogP contribution in [0.2, 0.25) is 0 Å². The van der Waals surface area contributed by atoms with E-state index in [4.69, 9.17) is 0 Å². The van der Waals surface area contributed by atoms with E-state index in [0.717, 1.165) is 0 Å². The number of hydrogen-bond donors (Lipinski definition) is 0. The van der Waals surface area contributed by atoms with Crippen LogP contribution in [0.15, 0.2) is 150 Å². The number of nitrogens with zero attached hydrogens (tertiary/aromatic N) is 2. The van der Waals surface area contributed by atoms with Crippen molar-refractivity contribution in [2.45, 2.75) is 109 Å². The Morgan fingerprint density at radius 1 is 0.414 bits per heavy atom. The summed E-state index contributed by atoms with van der Waals surface area (Å²) in [5, 5.41) is 0. The largest absolute Gasteiger partial charge is 0.309 e. The van der Waals surface area contributed by atoms with Gasteiger partial charge < -0.3 is 9.80 Å². The van der Waals surface area contributed by atoms with Gasteiger partial charge in [-0.25, -0.2) is 0 Å². The highest BCUT2D eigenvalue weighted by Gasteiger charge is 2.43. The standard InChI is InChI=1S/C68H70N2/c1-39(2)57-37-61(69(67-47(11)23-17-24-48(67)12)59-35-51(29-27-41(59)5)63-43(7)19-15-20-44(63)8)55-34-32-54-58(40(3)4)38-62(56-33-31-53(57)65(55)66(54)56)70(68-49(13)25-18-26-50(68)14)60-36-52(30-28-42(60)6)64-45(9)21-16-22-46(64)10/h15-40,53,65H,1-14H3. The molecular formula is C68H70N2. The lowest BCUT2D eigenvalue weighted by molar-refractivity contribution is 0.551. The molecule has 0 aromatic heterocycles. The highest BCUT2D eigenvalue weighted by molar-refractivity contribution is 5.94. The van der Waals surface area contributed by atoms with E-state index in [1.165, 1.54) is 145 Å². The van der Waals surface area contributed by atoms with E-state index in [1.54, 1.807) is 0 Å². The van der Waals surface area contributed by atoms with Crippen molar-refractivity contribution < 1.29 is 0 Å². The summed E-state index contributed by atoms with van der Waals surface area (Å²) in [5.41, 5.74) is 33.7. The topological polar surface area (TPSA) is 6.48 Å². The van der Waals surface area contributed by atoms with Gasteiger partial charge in [-0.15, -0.1) is 0 Å². The Balaban J connectivity index is 1.28. The minimum absolute atomic E-state index is 0.116. The second-order valence-corrected chi connectivity index (χ2v) is 21.4. The van der Waals surface area contributed by atoms with Crippen molar-refractivity contribution in [2.75, 3.05) is 9.80 Å². The van der Waals surface area contributed by atoms with Crippen LogP contribution in [0.4, 0.5) is 28.4 Å². The molecule has 0 saturated heterocycles. The third-order valence-corrected chi connectivity index (χ3v) is 15.9. The predicted octanol–water partition coefficient (Wildman–Crippen LogP) is 19.1. The van der Waals surface area contributed by atoms with Crippen LogP contribution >= 0.6 is 0 Å². The second kappa shape index (κ2) is 18.1. The average molecular weight is 915 g/mol. The summed E-state index contributed by atoms with van der Waals surface area (Å²) >= 11 is 0. The zero-order valence-electron chi connectivity index (χ0n) is 44.1. The summed E-state index contributed by atoms with van der Waals surface area (Å²) in [6, 6.07) is 43.7. The fraction of sp³-hybridized carbons (Fsp3) is 0.265. The molecule has 0 bridgehead atoms. The molecule has 0 spiro atoms. The Kier molecular flexibility index (Phi) is 12.1. The van der Waals surface area contributed by atoms with Crippen molar-refractivity contribution >= 4 is 40.6 Å². The number of hydrogen-bond acceptors (Lipinski definition) is 2. The first-order chi connectivity index (χ1) is 33.5. The van der Waals surface area contributed by atoms with Crippen LogP contribution in [0.5, 0.6) is 0 Å². The van der Waals surface area contributed by atoms with Crippen LogP contribution < -0.4 is 9.80 Å². The molecule has 10 rings (SSSR count). The first-order valence-electron chi connectivity index (χ1n) is 25.7. The highest BCUT2D eigenvalue weighted by atomic mass is 15.2. The van der Waals surface area contributed by atoms with E-state index in [9.17, 15) is 0 Å². The molecule has 0 aliphatic heterocycles. The minimum Gasteiger partial charge on any atom is -0.309 e. The fourth-order valence-corrected chi connectivity index (χ4v) is 12.5. The minimum atomic E-state index is 0.116. The van der Waals surface area contributed by atoms with Gasteiger partial charge in [-0.2, -0.15) is 0 Å². The van der Waals surface area contributed by atoms with Gasteiger partial charge in [0.1, 0.15) is 0 Å². The quantitative estimate of drug-likeness (QED) is 0.135. The maximum absolute atomic E-state index is 2.65. The third kappa shape index (κ3) is 7.72. The molecule has 0 radical (unpaired) electrons. The lowest BCUT2D eigenvalue weighted by Gasteiger charge is -2.45. The predicted molar refractivity (Wildman–Crippen MR) is 303 cm³/mol. The molecule has 0 N–H and O–H groups in total. The van der Waals surface area contributed by atoms with E-state index < -0.39 is 0 Å². The van der Waals surface area contributed by atoms with E-state index in [2.05, 4.69) is 252 Å². The number of aryl methyl sites for hydroxylation is 10. The molecule has 7 aromatic carbocycles. The number of allylic oxidation sites excluding steroid dienone is 5. The van der Waals surface area contributed by atoms with Gasteiger partial charge in [0, 0.05) is 34.5 Å². The molecule has 0 amide bonds. The Hall–Kier alpha value is -6.90. The van der Waals surface area contributed by atoms with Gasteiger partial charge in [-0.3, -0.25) is 0 Å². The monoisotopic (exact) mass is 915 g/mol. The number of benzene rings is 7. The van der Waals surface area contributed by atoms with Crippen LogP contribution in [0, 0.1) is 81.1 Å². The first-order valence-corrected chi connectivity index (χ1v) is 25.7. The molecule has 3 aliphatic carbocycles. The van der Waals surface area contributed by atoms with Gasteiger partial charge in [0.25, 0.3) is 0 Å². The molecule has 7 aromatic rings. The molecule has 0 saturated carbocycles. The molecular weight excluding hydrogens is 845 g/mol. The fourth-order valence-electron chi connectivity index (χ4n) is 12.5. The van der Waals surface area contributed by atoms with Gasteiger partial charge in [-0.1, -0.05) is 155 Å². The van der Waals surface area contributed by atoms with E-state index in [-0.39, 0.29) is 11.8 Å². The van der Waals surface area contributed by atoms with E-state index in [0.29, 0.717) is 11.8 Å². The summed E-state index contributed by atoms with van der Waals surface area (Å²) in [7, 11) is 0. The van der Waals surface area contributed by atoms with Crippen LogP contribution in [0.1, 0.15) is 117 Å². The Morgan fingerprint density at radius 3 is 1.34 bits per heavy atom. The average Bonchev–Trinajstić information content (AvgIpc) is 3.31. The van der Waals surface area contributed by atoms with Gasteiger partial charge in [0.2, 0.25) is 0 Å². The van der Waals surface area contributed by atoms with Crippen molar-refractivity contribution in [3.05, 3.63) is 228 Å². The van der Waals surface area contributed by atoms with E-state index in [1.807, 2.05) is 0 Å². The summed E-state index contributed by atoms with van der Waals surface area (Å²) in [6.45, 7) is 32.3. The van der Waals surface area contributed by atoms with Gasteiger partial charge >= 0.3 is 0 Å². The van der Waals surface area contributed by atoms with Gasteiger partial charge in [0.05, 0.1) is 17.1 Å². The Morgan fingerprint density at radius 2 is 0.871 bits per heavy atom. The molecule has 2 heteroatoms. The Bertz CT molecular complexity index is 3320. The number of para-hydroxylation sites is 2. The SMILES string of the molecule is Cc1ccc(-c2c(C)cccc2C)cc1N(C1=C2C=Cc3c(C(C)C)cc(N(c4cc(-c5c(C)cccc5C)ccc4C)c4c(C)cccc4C)c4c3C2C(C=C4)C(C(C)C)=C1)c1c(C)cccc1C. The van der Waals surface area contributed by atoms with Crippen LogP contribution in [0.25, 0.3) is 34.4 Å². The van der Waals surface area contributed by atoms with Crippen LogP contribution in [0.3, 0.4) is 0 Å². The molecule has 0 fully saturated rings. The van der Waals surface area contributed by atoms with Crippen molar-refractivity contribution in [1.29, 1.82) is 0 Å². The summed E-state index contributed by atoms with van der Waals surface area (Å²) in [4.78, 5) is 5.29. The van der Waals surface area contributed by atoms with Gasteiger partial charge in [-0.05, 0) is 206 Å². The third-order valence-electron chi connectivity index (χ3n) is 15.9.